The Morgan fingerprint density at radius 3 is 0.985 bits per heavy atom. The Morgan fingerprint density at radius 1 is 0.441 bits per heavy atom. The van der Waals surface area contributed by atoms with Gasteiger partial charge in [0.25, 0.3) is 0 Å². The van der Waals surface area contributed by atoms with Crippen LogP contribution in [0.5, 0.6) is 11.5 Å². The molecule has 0 heterocycles. The SMILES string of the molecule is N[C@@H](CCC(=O)N[C@@H](CS)C(=O)NC(C(=O)O)c1cc(O)c(C(NC(=O)[C@H](CS)NC(=O)CC[C@H](N)C(=O)O)C(=O)O)c(C(NC(=O)[C@H](CS)NC(=O)CC[C@H](N)C(=O)O)C(=O)O)c1O)C(=O)O. The molecule has 0 radical (unpaired) electrons. The van der Waals surface area contributed by atoms with Gasteiger partial charge in [-0.2, -0.15) is 37.9 Å². The highest BCUT2D eigenvalue weighted by Crippen LogP contribution is 2.43. The van der Waals surface area contributed by atoms with Crippen molar-refractivity contribution >= 4 is 109 Å². The summed E-state index contributed by atoms with van der Waals surface area (Å²) in [6, 6.07) is -17.4. The molecule has 32 heteroatoms. The van der Waals surface area contributed by atoms with E-state index in [1.807, 2.05) is 16.0 Å². The highest BCUT2D eigenvalue weighted by molar-refractivity contribution is 7.80. The van der Waals surface area contributed by atoms with Gasteiger partial charge < -0.3 is 90.0 Å². The fourth-order valence-corrected chi connectivity index (χ4v) is 6.43. The number of carbonyl (C=O) groups excluding carboxylic acids is 6. The molecule has 68 heavy (non-hydrogen) atoms. The minimum Gasteiger partial charge on any atom is -0.508 e. The van der Waals surface area contributed by atoms with Crippen molar-refractivity contribution in [3.05, 3.63) is 22.8 Å². The maximum absolute atomic E-state index is 13.6. The Balaban J connectivity index is 4.03. The monoisotopic (exact) mass is 1030 g/mol. The number of amides is 6. The van der Waals surface area contributed by atoms with E-state index in [0.29, 0.717) is 6.07 Å². The van der Waals surface area contributed by atoms with Gasteiger partial charge in [0.2, 0.25) is 35.4 Å². The van der Waals surface area contributed by atoms with Crippen LogP contribution in [0.3, 0.4) is 0 Å². The minimum atomic E-state index is -2.78. The van der Waals surface area contributed by atoms with Crippen molar-refractivity contribution in [2.75, 3.05) is 17.3 Å². The number of carbonyl (C=O) groups is 12. The Bertz CT molecular complexity index is 2120. The molecule has 6 amide bonds. The average Bonchev–Trinajstić information content (AvgIpc) is 3.26. The largest absolute Gasteiger partial charge is 0.508 e. The molecule has 29 nitrogen and oxygen atoms in total. The predicted molar refractivity (Wildman–Crippen MR) is 237 cm³/mol. The van der Waals surface area contributed by atoms with E-state index in [1.165, 1.54) is 0 Å². The van der Waals surface area contributed by atoms with Crippen molar-refractivity contribution in [1.82, 2.24) is 31.9 Å². The van der Waals surface area contributed by atoms with Crippen LogP contribution in [-0.2, 0) is 57.5 Å². The van der Waals surface area contributed by atoms with Crippen molar-refractivity contribution in [3.63, 3.8) is 0 Å². The van der Waals surface area contributed by atoms with Crippen LogP contribution < -0.4 is 49.1 Å². The Hall–Kier alpha value is -6.61. The number of nitrogens with one attached hydrogen (secondary N) is 6. The second-order valence-electron chi connectivity index (χ2n) is 14.4. The minimum absolute atomic E-state index is 0.333. The first-order valence-electron chi connectivity index (χ1n) is 19.5. The number of hydrogen-bond donors (Lipinski definition) is 20. The molecular weight excluding hydrogens is 975 g/mol. The van der Waals surface area contributed by atoms with Crippen LogP contribution in [-0.4, -0.2) is 166 Å². The molecule has 0 spiro atoms. The van der Waals surface area contributed by atoms with Gasteiger partial charge in [-0.25, -0.2) is 14.4 Å². The van der Waals surface area contributed by atoms with Gasteiger partial charge >= 0.3 is 35.8 Å². The van der Waals surface area contributed by atoms with Crippen LogP contribution in [0, 0.1) is 0 Å². The molecule has 0 aromatic heterocycles. The third-order valence-electron chi connectivity index (χ3n) is 9.38. The summed E-state index contributed by atoms with van der Waals surface area (Å²) in [7, 11) is 0. The zero-order valence-electron chi connectivity index (χ0n) is 35.2. The van der Waals surface area contributed by atoms with Gasteiger partial charge in [-0.1, -0.05) is 0 Å². The lowest BCUT2D eigenvalue weighted by atomic mass is 9.88. The molecule has 0 aliphatic rings. The van der Waals surface area contributed by atoms with Gasteiger partial charge in [0.1, 0.15) is 47.8 Å². The van der Waals surface area contributed by atoms with E-state index in [4.69, 9.17) is 32.5 Å². The van der Waals surface area contributed by atoms with Crippen LogP contribution in [0.1, 0.15) is 73.3 Å². The quantitative estimate of drug-likeness (QED) is 0.0253. The molecule has 0 saturated carbocycles. The van der Waals surface area contributed by atoms with E-state index in [0.717, 1.165) is 0 Å². The molecule has 378 valence electrons. The number of phenolic OH excluding ortho intramolecular Hbond substituents is 2. The number of aromatic hydroxyl groups is 2. The Labute approximate surface area is 399 Å². The summed E-state index contributed by atoms with van der Waals surface area (Å²) in [5.74, 6) is -22.8. The molecule has 0 saturated heterocycles. The van der Waals surface area contributed by atoms with Gasteiger partial charge in [0, 0.05) is 53.2 Å². The number of nitrogens with two attached hydrogens (primary N) is 3. The molecule has 1 aromatic carbocycles. The van der Waals surface area contributed by atoms with Crippen LogP contribution in [0.25, 0.3) is 0 Å². The number of rotatable bonds is 30. The first kappa shape index (κ1) is 59.4. The number of carboxylic acids is 6. The zero-order chi connectivity index (χ0) is 52.3. The van der Waals surface area contributed by atoms with Gasteiger partial charge in [0.15, 0.2) is 18.1 Å². The highest BCUT2D eigenvalue weighted by Gasteiger charge is 2.41. The summed E-state index contributed by atoms with van der Waals surface area (Å²) < 4.78 is 0. The van der Waals surface area contributed by atoms with E-state index in [-0.39, 0.29) is 0 Å². The van der Waals surface area contributed by atoms with Crippen molar-refractivity contribution in [3.8, 4) is 11.5 Å². The number of hydrogen-bond acceptors (Lipinski definition) is 20. The maximum Gasteiger partial charge on any atom is 0.331 e. The average molecular weight is 1030 g/mol. The Morgan fingerprint density at radius 2 is 0.721 bits per heavy atom. The first-order valence-corrected chi connectivity index (χ1v) is 21.4. The van der Waals surface area contributed by atoms with Gasteiger partial charge in [-0.05, 0) is 25.3 Å². The second kappa shape index (κ2) is 27.9. The predicted octanol–water partition coefficient (Wildman–Crippen LogP) is -5.36. The van der Waals surface area contributed by atoms with Crippen molar-refractivity contribution in [2.45, 2.75) is 92.9 Å². The van der Waals surface area contributed by atoms with E-state index >= 15 is 0 Å². The number of benzene rings is 1. The number of aliphatic carboxylic acids is 6. The third-order valence-corrected chi connectivity index (χ3v) is 10.5. The number of carboxylic acid groups (broad SMARTS) is 6. The van der Waals surface area contributed by atoms with E-state index in [1.54, 1.807) is 0 Å². The van der Waals surface area contributed by atoms with Gasteiger partial charge in [-0.3, -0.25) is 43.2 Å². The number of thiol groups is 3. The van der Waals surface area contributed by atoms with E-state index in [2.05, 4.69) is 53.8 Å². The molecule has 9 atom stereocenters. The summed E-state index contributed by atoms with van der Waals surface area (Å²) in [6.45, 7) is 0. The fourth-order valence-electron chi connectivity index (χ4n) is 5.66. The second-order valence-corrected chi connectivity index (χ2v) is 15.5. The molecule has 0 aliphatic carbocycles. The molecule has 0 fully saturated rings. The van der Waals surface area contributed by atoms with Crippen LogP contribution in [0.2, 0.25) is 0 Å². The standard InChI is InChI=1S/C36H51N9O20S3/c37-12(31(54)55)1-4-19(47)40-15(8-66)28(51)43-24(34(60)61)11-7-18(46)22(25(35(62)63)44-29(52)16(9-67)41-20(48)5-2-13(38)32(56)57)23(27(11)50)26(36(64)65)45-30(53)17(10-68)42-21(49)6-3-14(39)33(58)59/h7,12-17,24-26,46,50,66-68H,1-6,8-10,37-39H2,(H,40,47)(H,41,48)(H,42,49)(H,43,51)(H,44,52)(H,45,53)(H,54,55)(H,56,57)(H,58,59)(H,60,61)(H,62,63)(H,64,65)/t12-,13-,14-,15-,16-,17-,24?,25?,26?/m0/s1. The molecule has 1 rings (SSSR count). The highest BCUT2D eigenvalue weighted by atomic mass is 32.1. The first-order chi connectivity index (χ1) is 31.6. The van der Waals surface area contributed by atoms with Crippen LogP contribution >= 0.6 is 37.9 Å². The van der Waals surface area contributed by atoms with Crippen LogP contribution in [0.4, 0.5) is 0 Å². The maximum atomic E-state index is 13.6. The normalized spacial score (nSPS) is 14.9. The summed E-state index contributed by atoms with van der Waals surface area (Å²) in [6.07, 6.45) is -2.97. The molecule has 3 unspecified atom stereocenters. The summed E-state index contributed by atoms with van der Waals surface area (Å²) in [5, 5.41) is 93.5. The summed E-state index contributed by atoms with van der Waals surface area (Å²) >= 11 is 11.8. The van der Waals surface area contributed by atoms with Crippen molar-refractivity contribution in [1.29, 1.82) is 0 Å². The molecule has 0 bridgehead atoms. The van der Waals surface area contributed by atoms with E-state index in [9.17, 15) is 83.1 Å². The number of phenols is 2. The summed E-state index contributed by atoms with van der Waals surface area (Å²) in [5.41, 5.74) is 12.4. The van der Waals surface area contributed by atoms with Crippen LogP contribution in [0.15, 0.2) is 6.07 Å². The lowest BCUT2D eigenvalue weighted by molar-refractivity contribution is -0.143. The molecule has 20 N–H and O–H groups in total. The van der Waals surface area contributed by atoms with Gasteiger partial charge in [-0.15, -0.1) is 0 Å². The van der Waals surface area contributed by atoms with Crippen molar-refractivity contribution in [2.24, 2.45) is 17.2 Å². The molecular formula is C36H51N9O20S3. The van der Waals surface area contributed by atoms with Gasteiger partial charge in [0.05, 0.1) is 0 Å². The Kier molecular flexibility index (Phi) is 24.4. The zero-order valence-corrected chi connectivity index (χ0v) is 37.9. The molecule has 1 aromatic rings. The topological polar surface area (TPSA) is 517 Å². The van der Waals surface area contributed by atoms with Crippen molar-refractivity contribution < 1.29 is 98.4 Å². The third kappa shape index (κ3) is 17.9. The molecule has 0 aliphatic heterocycles. The summed E-state index contributed by atoms with van der Waals surface area (Å²) in [4.78, 5) is 150. The lowest BCUT2D eigenvalue weighted by Crippen LogP contribution is -2.51. The fraction of sp³-hybridized carbons (Fsp3) is 0.500. The lowest BCUT2D eigenvalue weighted by Gasteiger charge is -2.29. The van der Waals surface area contributed by atoms with E-state index < -0.39 is 210 Å². The smallest absolute Gasteiger partial charge is 0.331 e.